The van der Waals surface area contributed by atoms with Gasteiger partial charge >= 0.3 is 11.9 Å². The highest BCUT2D eigenvalue weighted by Gasteiger charge is 2.43. The summed E-state index contributed by atoms with van der Waals surface area (Å²) in [5.41, 5.74) is 1.57. The number of carbonyl (C=O) groups is 3. The number of hydrogen-bond acceptors (Lipinski definition) is 6. The van der Waals surface area contributed by atoms with Crippen molar-refractivity contribution in [2.75, 3.05) is 16.8 Å². The number of carbonyl (C=O) groups excluding carboxylic acids is 3. The lowest BCUT2D eigenvalue weighted by Gasteiger charge is -2.29. The third-order valence-electron chi connectivity index (χ3n) is 4.56. The van der Waals surface area contributed by atoms with Crippen LogP contribution in [0.15, 0.2) is 30.0 Å². The van der Waals surface area contributed by atoms with Crippen LogP contribution in [0.3, 0.4) is 0 Å². The van der Waals surface area contributed by atoms with Crippen LogP contribution in [0.4, 0.5) is 11.4 Å². The number of rotatable bonds is 3. The Hall–Kier alpha value is -2.83. The number of likely N-dealkylation sites (N-methyl/N-ethyl adjacent to an activating group) is 1. The highest BCUT2D eigenvalue weighted by molar-refractivity contribution is 6.15. The lowest BCUT2D eigenvalue weighted by Crippen LogP contribution is -2.42. The first-order valence-electron chi connectivity index (χ1n) is 8.46. The van der Waals surface area contributed by atoms with Crippen molar-refractivity contribution in [3.63, 3.8) is 0 Å². The zero-order valence-electron chi connectivity index (χ0n) is 15.5. The molecule has 1 saturated heterocycles. The van der Waals surface area contributed by atoms with Crippen LogP contribution in [-0.4, -0.2) is 30.2 Å². The van der Waals surface area contributed by atoms with Crippen LogP contribution in [0.1, 0.15) is 40.2 Å². The summed E-state index contributed by atoms with van der Waals surface area (Å²) >= 11 is 0. The van der Waals surface area contributed by atoms with Crippen molar-refractivity contribution in [1.82, 2.24) is 0 Å². The molecule has 1 N–H and O–H groups in total. The van der Waals surface area contributed by atoms with Crippen LogP contribution in [0.5, 0.6) is 0 Å². The van der Waals surface area contributed by atoms with Gasteiger partial charge in [-0.05, 0) is 44.5 Å². The lowest BCUT2D eigenvalue weighted by atomic mass is 9.86. The zero-order chi connectivity index (χ0) is 19.3. The van der Waals surface area contributed by atoms with Crippen LogP contribution in [0.2, 0.25) is 0 Å². The Balaban J connectivity index is 1.87. The van der Waals surface area contributed by atoms with Crippen LogP contribution < -0.4 is 10.2 Å². The molecule has 0 bridgehead atoms. The Morgan fingerprint density at radius 1 is 1.08 bits per heavy atom. The SMILES string of the molecule is CCN1C(=O)C(C)(C)c2cc(NC=C3C(=O)OC(C)(C)OC3=O)ccc21. The van der Waals surface area contributed by atoms with Gasteiger partial charge in [-0.2, -0.15) is 0 Å². The summed E-state index contributed by atoms with van der Waals surface area (Å²) in [6.07, 6.45) is 1.27. The number of anilines is 2. The second-order valence-corrected chi connectivity index (χ2v) is 7.29. The summed E-state index contributed by atoms with van der Waals surface area (Å²) in [6.45, 7) is 9.27. The minimum atomic E-state index is -1.27. The van der Waals surface area contributed by atoms with Gasteiger partial charge in [0.25, 0.3) is 5.79 Å². The lowest BCUT2D eigenvalue weighted by molar-refractivity contribution is -0.222. The number of nitrogens with one attached hydrogen (secondary N) is 1. The number of nitrogens with zero attached hydrogens (tertiary/aromatic N) is 1. The fraction of sp³-hybridized carbons (Fsp3) is 0.421. The van der Waals surface area contributed by atoms with Gasteiger partial charge in [0, 0.05) is 38.0 Å². The first-order chi connectivity index (χ1) is 12.1. The molecular formula is C19H22N2O5. The number of benzene rings is 1. The molecule has 3 rings (SSSR count). The third kappa shape index (κ3) is 2.83. The van der Waals surface area contributed by atoms with Gasteiger partial charge in [-0.1, -0.05) is 0 Å². The maximum absolute atomic E-state index is 12.5. The molecule has 2 heterocycles. The van der Waals surface area contributed by atoms with Crippen LogP contribution in [0, 0.1) is 0 Å². The molecule has 0 radical (unpaired) electrons. The van der Waals surface area contributed by atoms with Crippen molar-refractivity contribution in [1.29, 1.82) is 0 Å². The monoisotopic (exact) mass is 358 g/mol. The van der Waals surface area contributed by atoms with E-state index in [0.29, 0.717) is 12.2 Å². The Labute approximate surface area is 151 Å². The molecule has 0 aliphatic carbocycles. The summed E-state index contributed by atoms with van der Waals surface area (Å²) in [5, 5.41) is 2.92. The molecule has 138 valence electrons. The number of esters is 2. The van der Waals surface area contributed by atoms with E-state index < -0.39 is 23.1 Å². The van der Waals surface area contributed by atoms with Crippen molar-refractivity contribution in [2.45, 2.75) is 45.8 Å². The Morgan fingerprint density at radius 2 is 1.69 bits per heavy atom. The molecule has 7 nitrogen and oxygen atoms in total. The molecule has 0 atom stereocenters. The number of amides is 1. The maximum Gasteiger partial charge on any atom is 0.350 e. The van der Waals surface area contributed by atoms with E-state index in [2.05, 4.69) is 5.32 Å². The second-order valence-electron chi connectivity index (χ2n) is 7.29. The quantitative estimate of drug-likeness (QED) is 0.508. The van der Waals surface area contributed by atoms with Crippen LogP contribution in [-0.2, 0) is 29.3 Å². The molecule has 7 heteroatoms. The van der Waals surface area contributed by atoms with E-state index in [1.807, 2.05) is 32.9 Å². The molecule has 1 amide bonds. The summed E-state index contributed by atoms with van der Waals surface area (Å²) in [7, 11) is 0. The highest BCUT2D eigenvalue weighted by atomic mass is 16.7. The van der Waals surface area contributed by atoms with Gasteiger partial charge in [-0.3, -0.25) is 4.79 Å². The van der Waals surface area contributed by atoms with Gasteiger partial charge in [0.05, 0.1) is 5.41 Å². The van der Waals surface area contributed by atoms with E-state index in [4.69, 9.17) is 9.47 Å². The van der Waals surface area contributed by atoms with E-state index in [1.54, 1.807) is 11.0 Å². The van der Waals surface area contributed by atoms with E-state index in [1.165, 1.54) is 20.0 Å². The number of ether oxygens (including phenoxy) is 2. The van der Waals surface area contributed by atoms with Crippen molar-refractivity contribution < 1.29 is 23.9 Å². The van der Waals surface area contributed by atoms with Crippen molar-refractivity contribution in [3.8, 4) is 0 Å². The van der Waals surface area contributed by atoms with Crippen LogP contribution in [0.25, 0.3) is 0 Å². The molecule has 1 aromatic carbocycles. The first kappa shape index (κ1) is 18.0. The Kier molecular flexibility index (Phi) is 4.05. The fourth-order valence-electron chi connectivity index (χ4n) is 3.17. The summed E-state index contributed by atoms with van der Waals surface area (Å²) in [5.74, 6) is -2.71. The average Bonchev–Trinajstić information content (AvgIpc) is 2.72. The molecule has 0 spiro atoms. The smallest absolute Gasteiger partial charge is 0.350 e. The Morgan fingerprint density at radius 3 is 2.27 bits per heavy atom. The first-order valence-corrected chi connectivity index (χ1v) is 8.46. The van der Waals surface area contributed by atoms with E-state index in [-0.39, 0.29) is 11.5 Å². The number of hydrogen-bond donors (Lipinski definition) is 1. The minimum absolute atomic E-state index is 0.0483. The predicted octanol–water partition coefficient (Wildman–Crippen LogP) is 2.46. The Bertz CT molecular complexity index is 816. The van der Waals surface area contributed by atoms with Crippen molar-refractivity contribution in [3.05, 3.63) is 35.5 Å². The third-order valence-corrected chi connectivity index (χ3v) is 4.56. The van der Waals surface area contributed by atoms with Gasteiger partial charge in [-0.25, -0.2) is 9.59 Å². The molecule has 0 saturated carbocycles. The summed E-state index contributed by atoms with van der Waals surface area (Å²) in [4.78, 5) is 38.2. The van der Waals surface area contributed by atoms with Crippen molar-refractivity contribution in [2.24, 2.45) is 0 Å². The molecule has 0 unspecified atom stereocenters. The molecule has 2 aliphatic rings. The molecule has 26 heavy (non-hydrogen) atoms. The predicted molar refractivity (Wildman–Crippen MR) is 95.5 cm³/mol. The topological polar surface area (TPSA) is 84.9 Å². The second kappa shape index (κ2) is 5.86. The van der Waals surface area contributed by atoms with Crippen molar-refractivity contribution >= 4 is 29.2 Å². The zero-order valence-corrected chi connectivity index (χ0v) is 15.5. The maximum atomic E-state index is 12.5. The van der Waals surface area contributed by atoms with Gasteiger partial charge in [0.1, 0.15) is 0 Å². The van der Waals surface area contributed by atoms with Gasteiger partial charge in [0.2, 0.25) is 5.91 Å². The fourth-order valence-corrected chi connectivity index (χ4v) is 3.17. The van der Waals surface area contributed by atoms with Gasteiger partial charge in [0.15, 0.2) is 5.57 Å². The van der Waals surface area contributed by atoms with E-state index in [0.717, 1.165) is 11.3 Å². The summed E-state index contributed by atoms with van der Waals surface area (Å²) < 4.78 is 10.1. The molecule has 1 aromatic rings. The normalized spacial score (nSPS) is 20.4. The molecule has 1 fully saturated rings. The highest BCUT2D eigenvalue weighted by Crippen LogP contribution is 2.42. The standard InChI is InChI=1S/C19H22N2O5/c1-6-21-14-8-7-11(9-13(14)18(2,3)17(21)24)20-10-12-15(22)25-19(4,5)26-16(12)23/h7-10,20H,6H2,1-5H3. The number of fused-ring (bicyclic) bond motifs is 1. The molecular weight excluding hydrogens is 336 g/mol. The minimum Gasteiger partial charge on any atom is -0.419 e. The number of cyclic esters (lactones) is 2. The average molecular weight is 358 g/mol. The molecule has 0 aromatic heterocycles. The van der Waals surface area contributed by atoms with Gasteiger partial charge in [-0.15, -0.1) is 0 Å². The van der Waals surface area contributed by atoms with E-state index >= 15 is 0 Å². The van der Waals surface area contributed by atoms with Crippen LogP contribution >= 0.6 is 0 Å². The largest absolute Gasteiger partial charge is 0.419 e. The van der Waals surface area contributed by atoms with Gasteiger partial charge < -0.3 is 19.7 Å². The summed E-state index contributed by atoms with van der Waals surface area (Å²) in [6, 6.07) is 5.49. The molecule has 2 aliphatic heterocycles. The van der Waals surface area contributed by atoms with E-state index in [9.17, 15) is 14.4 Å².